The topological polar surface area (TPSA) is 76.8 Å². The van der Waals surface area contributed by atoms with Crippen molar-refractivity contribution in [3.63, 3.8) is 0 Å². The van der Waals surface area contributed by atoms with Crippen LogP contribution in [0.2, 0.25) is 0 Å². The molecule has 2 atom stereocenters. The van der Waals surface area contributed by atoms with Crippen LogP contribution in [0.5, 0.6) is 0 Å². The van der Waals surface area contributed by atoms with Gasteiger partial charge in [0.1, 0.15) is 0 Å². The zero-order valence-electron chi connectivity index (χ0n) is 7.68. The van der Waals surface area contributed by atoms with Crippen molar-refractivity contribution < 1.29 is 14.3 Å². The minimum Gasteiger partial charge on any atom is -0.374 e. The summed E-state index contributed by atoms with van der Waals surface area (Å²) < 4.78 is 10.7. The molecule has 0 radical (unpaired) electrons. The first-order chi connectivity index (χ1) is 6.77. The highest BCUT2D eigenvalue weighted by molar-refractivity contribution is 5.79. The van der Waals surface area contributed by atoms with E-state index in [1.807, 2.05) is 17.3 Å². The molecule has 2 unspecified atom stereocenters. The summed E-state index contributed by atoms with van der Waals surface area (Å²) in [7, 11) is 0. The molecule has 2 aliphatic heterocycles. The first kappa shape index (κ1) is 9.29. The Morgan fingerprint density at radius 1 is 1.57 bits per heavy atom. The SMILES string of the molecule is NC(=O)C1COCC(N2C=CNC2)O1. The van der Waals surface area contributed by atoms with Gasteiger partial charge < -0.3 is 25.4 Å². The number of carbonyl (C=O) groups is 1. The summed E-state index contributed by atoms with van der Waals surface area (Å²) in [5.41, 5.74) is 5.13. The number of nitrogens with one attached hydrogen (secondary N) is 1. The van der Waals surface area contributed by atoms with E-state index in [1.165, 1.54) is 0 Å². The number of ether oxygens (including phenoxy) is 2. The number of carbonyl (C=O) groups excluding carboxylic acids is 1. The fraction of sp³-hybridized carbons (Fsp3) is 0.625. The highest BCUT2D eigenvalue weighted by Gasteiger charge is 2.30. The Kier molecular flexibility index (Phi) is 2.55. The second kappa shape index (κ2) is 3.85. The van der Waals surface area contributed by atoms with E-state index in [4.69, 9.17) is 15.2 Å². The van der Waals surface area contributed by atoms with Crippen LogP contribution in [-0.4, -0.2) is 43.0 Å². The van der Waals surface area contributed by atoms with E-state index in [9.17, 15) is 4.79 Å². The van der Waals surface area contributed by atoms with Crippen LogP contribution in [0, 0.1) is 0 Å². The Morgan fingerprint density at radius 3 is 3.07 bits per heavy atom. The molecular weight excluding hydrogens is 186 g/mol. The molecule has 3 N–H and O–H groups in total. The minimum absolute atomic E-state index is 0.229. The van der Waals surface area contributed by atoms with Gasteiger partial charge in [-0.25, -0.2) is 0 Å². The number of primary amides is 1. The normalized spacial score (nSPS) is 31.6. The number of hydrogen-bond acceptors (Lipinski definition) is 5. The van der Waals surface area contributed by atoms with Crippen LogP contribution in [0.3, 0.4) is 0 Å². The van der Waals surface area contributed by atoms with Gasteiger partial charge in [0.05, 0.1) is 19.9 Å². The van der Waals surface area contributed by atoms with Crippen molar-refractivity contribution in [3.05, 3.63) is 12.4 Å². The van der Waals surface area contributed by atoms with Crippen LogP contribution < -0.4 is 11.1 Å². The Bertz CT molecular complexity index is 256. The van der Waals surface area contributed by atoms with Crippen molar-refractivity contribution in [2.75, 3.05) is 19.9 Å². The van der Waals surface area contributed by atoms with Crippen molar-refractivity contribution in [1.29, 1.82) is 0 Å². The zero-order valence-corrected chi connectivity index (χ0v) is 7.68. The molecule has 1 saturated heterocycles. The van der Waals surface area contributed by atoms with E-state index in [0.717, 1.165) is 0 Å². The summed E-state index contributed by atoms with van der Waals surface area (Å²) in [6, 6.07) is 0. The van der Waals surface area contributed by atoms with Gasteiger partial charge in [0.15, 0.2) is 12.3 Å². The largest absolute Gasteiger partial charge is 0.374 e. The maximum absolute atomic E-state index is 10.9. The molecule has 6 heteroatoms. The van der Waals surface area contributed by atoms with Crippen LogP contribution in [0.4, 0.5) is 0 Å². The molecule has 1 fully saturated rings. The number of amides is 1. The lowest BCUT2D eigenvalue weighted by Gasteiger charge is -2.33. The summed E-state index contributed by atoms with van der Waals surface area (Å²) in [6.07, 6.45) is 2.81. The molecule has 0 aromatic rings. The molecule has 2 heterocycles. The average Bonchev–Trinajstić information content (AvgIpc) is 2.71. The second-order valence-corrected chi connectivity index (χ2v) is 3.21. The first-order valence-corrected chi connectivity index (χ1v) is 4.45. The van der Waals surface area contributed by atoms with Crippen molar-refractivity contribution in [2.45, 2.75) is 12.3 Å². The van der Waals surface area contributed by atoms with Gasteiger partial charge >= 0.3 is 0 Å². The maximum atomic E-state index is 10.9. The lowest BCUT2D eigenvalue weighted by molar-refractivity contribution is -0.186. The van der Waals surface area contributed by atoms with Gasteiger partial charge in [0, 0.05) is 12.4 Å². The summed E-state index contributed by atoms with van der Waals surface area (Å²) in [5.74, 6) is -0.481. The molecule has 0 aromatic carbocycles. The molecule has 2 rings (SSSR count). The van der Waals surface area contributed by atoms with Gasteiger partial charge in [0.2, 0.25) is 5.91 Å². The third-order valence-electron chi connectivity index (χ3n) is 2.20. The van der Waals surface area contributed by atoms with Gasteiger partial charge in [0.25, 0.3) is 0 Å². The van der Waals surface area contributed by atoms with Crippen LogP contribution in [-0.2, 0) is 14.3 Å². The molecular formula is C8H13N3O3. The van der Waals surface area contributed by atoms with Crippen molar-refractivity contribution >= 4 is 5.91 Å². The molecule has 78 valence electrons. The Hall–Kier alpha value is -1.27. The Balaban J connectivity index is 1.93. The molecule has 14 heavy (non-hydrogen) atoms. The summed E-state index contributed by atoms with van der Waals surface area (Å²) in [6.45, 7) is 1.37. The molecule has 1 amide bonds. The van der Waals surface area contributed by atoms with Crippen LogP contribution >= 0.6 is 0 Å². The fourth-order valence-electron chi connectivity index (χ4n) is 1.42. The Morgan fingerprint density at radius 2 is 2.43 bits per heavy atom. The zero-order chi connectivity index (χ0) is 9.97. The van der Waals surface area contributed by atoms with Gasteiger partial charge in [-0.15, -0.1) is 0 Å². The number of hydrogen-bond donors (Lipinski definition) is 2. The first-order valence-electron chi connectivity index (χ1n) is 4.45. The maximum Gasteiger partial charge on any atom is 0.249 e. The third-order valence-corrected chi connectivity index (χ3v) is 2.20. The lowest BCUT2D eigenvalue weighted by atomic mass is 10.3. The van der Waals surface area contributed by atoms with E-state index >= 15 is 0 Å². The van der Waals surface area contributed by atoms with Crippen LogP contribution in [0.15, 0.2) is 12.4 Å². The van der Waals surface area contributed by atoms with E-state index < -0.39 is 12.0 Å². The predicted molar refractivity (Wildman–Crippen MR) is 47.7 cm³/mol. The standard InChI is InChI=1S/C8H13N3O3/c9-8(12)6-3-13-4-7(14-6)11-2-1-10-5-11/h1-2,6-7,10H,3-5H2,(H2,9,12). The second-order valence-electron chi connectivity index (χ2n) is 3.21. The molecule has 0 bridgehead atoms. The molecule has 2 aliphatic rings. The minimum atomic E-state index is -0.636. The molecule has 0 aromatic heterocycles. The summed E-state index contributed by atoms with van der Waals surface area (Å²) in [5, 5.41) is 3.01. The van der Waals surface area contributed by atoms with E-state index in [2.05, 4.69) is 5.32 Å². The van der Waals surface area contributed by atoms with Gasteiger partial charge in [-0.2, -0.15) is 0 Å². The summed E-state index contributed by atoms with van der Waals surface area (Å²) in [4.78, 5) is 12.8. The molecule has 0 aliphatic carbocycles. The van der Waals surface area contributed by atoms with Crippen LogP contribution in [0.25, 0.3) is 0 Å². The quantitative estimate of drug-likeness (QED) is 0.569. The van der Waals surface area contributed by atoms with Crippen molar-refractivity contribution in [1.82, 2.24) is 10.2 Å². The lowest BCUT2D eigenvalue weighted by Crippen LogP contribution is -2.50. The van der Waals surface area contributed by atoms with E-state index in [0.29, 0.717) is 13.3 Å². The number of nitrogens with zero attached hydrogens (tertiary/aromatic N) is 1. The monoisotopic (exact) mass is 199 g/mol. The molecule has 0 spiro atoms. The third kappa shape index (κ3) is 1.80. The fourth-order valence-corrected chi connectivity index (χ4v) is 1.42. The number of nitrogens with two attached hydrogens (primary N) is 1. The van der Waals surface area contributed by atoms with Gasteiger partial charge in [-0.3, -0.25) is 4.79 Å². The highest BCUT2D eigenvalue weighted by atomic mass is 16.6. The number of rotatable bonds is 2. The van der Waals surface area contributed by atoms with Crippen molar-refractivity contribution in [2.24, 2.45) is 5.73 Å². The highest BCUT2D eigenvalue weighted by Crippen LogP contribution is 2.13. The predicted octanol–water partition coefficient (Wildman–Crippen LogP) is -1.45. The molecule has 0 saturated carbocycles. The van der Waals surface area contributed by atoms with E-state index in [1.54, 1.807) is 0 Å². The van der Waals surface area contributed by atoms with Crippen LogP contribution in [0.1, 0.15) is 0 Å². The summed E-state index contributed by atoms with van der Waals surface area (Å²) >= 11 is 0. The van der Waals surface area contributed by atoms with Gasteiger partial charge in [-0.1, -0.05) is 0 Å². The average molecular weight is 199 g/mol. The Labute approximate surface area is 81.6 Å². The van der Waals surface area contributed by atoms with Crippen molar-refractivity contribution in [3.8, 4) is 0 Å². The molecule has 6 nitrogen and oxygen atoms in total. The van der Waals surface area contributed by atoms with E-state index in [-0.39, 0.29) is 12.8 Å². The smallest absolute Gasteiger partial charge is 0.249 e. The van der Waals surface area contributed by atoms with Gasteiger partial charge in [-0.05, 0) is 0 Å².